The fourth-order valence-electron chi connectivity index (χ4n) is 2.62. The molecule has 2 N–H and O–H groups in total. The Kier molecular flexibility index (Phi) is 2.05. The molecular formula is C15H11NO2S. The molecule has 1 aliphatic rings. The van der Waals surface area contributed by atoms with E-state index >= 15 is 0 Å². The Morgan fingerprint density at radius 3 is 2.84 bits per heavy atom. The molecule has 4 rings (SSSR count). The second-order valence-electron chi connectivity index (χ2n) is 4.67. The van der Waals surface area contributed by atoms with Gasteiger partial charge in [0.2, 0.25) is 0 Å². The minimum absolute atomic E-state index is 0.0804. The maximum atomic E-state index is 9.65. The zero-order valence-corrected chi connectivity index (χ0v) is 10.8. The van der Waals surface area contributed by atoms with Crippen molar-refractivity contribution in [1.82, 2.24) is 4.57 Å². The van der Waals surface area contributed by atoms with Crippen molar-refractivity contribution >= 4 is 11.3 Å². The van der Waals surface area contributed by atoms with Crippen LogP contribution < -0.4 is 0 Å². The normalized spacial score (nSPS) is 12.4. The molecule has 0 saturated carbocycles. The van der Waals surface area contributed by atoms with Gasteiger partial charge in [0.1, 0.15) is 0 Å². The molecule has 19 heavy (non-hydrogen) atoms. The zero-order valence-electron chi connectivity index (χ0n) is 10.00. The summed E-state index contributed by atoms with van der Waals surface area (Å²) in [6.45, 7) is 0. The Labute approximate surface area is 114 Å². The first-order chi connectivity index (χ1) is 9.24. The molecule has 4 heteroatoms. The second-order valence-corrected chi connectivity index (χ2v) is 5.64. The van der Waals surface area contributed by atoms with Crippen molar-refractivity contribution in [3.8, 4) is 28.3 Å². The van der Waals surface area contributed by atoms with Crippen LogP contribution in [0, 0.1) is 0 Å². The van der Waals surface area contributed by atoms with E-state index in [2.05, 4.69) is 22.2 Å². The van der Waals surface area contributed by atoms with Crippen LogP contribution in [0.25, 0.3) is 16.8 Å². The van der Waals surface area contributed by atoms with Gasteiger partial charge in [-0.1, -0.05) is 6.07 Å². The number of rotatable bonds is 1. The maximum absolute atomic E-state index is 9.65. The lowest BCUT2D eigenvalue weighted by atomic mass is 10.1. The average molecular weight is 269 g/mol. The molecule has 0 unspecified atom stereocenters. The summed E-state index contributed by atoms with van der Waals surface area (Å²) in [5.74, 6) is -0.166. The van der Waals surface area contributed by atoms with Gasteiger partial charge in [-0.3, -0.25) is 0 Å². The van der Waals surface area contributed by atoms with Gasteiger partial charge in [-0.15, -0.1) is 11.3 Å². The molecule has 3 aromatic rings. The third-order valence-corrected chi connectivity index (χ3v) is 4.52. The van der Waals surface area contributed by atoms with Crippen molar-refractivity contribution in [3.63, 3.8) is 0 Å². The van der Waals surface area contributed by atoms with Gasteiger partial charge >= 0.3 is 0 Å². The van der Waals surface area contributed by atoms with Crippen molar-refractivity contribution < 1.29 is 10.2 Å². The molecule has 94 valence electrons. The van der Waals surface area contributed by atoms with E-state index in [9.17, 15) is 10.2 Å². The molecule has 0 fully saturated rings. The van der Waals surface area contributed by atoms with E-state index < -0.39 is 0 Å². The number of aromatic hydroxyl groups is 2. The van der Waals surface area contributed by atoms with Gasteiger partial charge in [0.25, 0.3) is 0 Å². The van der Waals surface area contributed by atoms with E-state index in [1.165, 1.54) is 22.3 Å². The van der Waals surface area contributed by atoms with Crippen molar-refractivity contribution in [2.75, 3.05) is 0 Å². The van der Waals surface area contributed by atoms with E-state index in [-0.39, 0.29) is 11.5 Å². The van der Waals surface area contributed by atoms with Gasteiger partial charge in [0.05, 0.1) is 5.69 Å². The smallest absolute Gasteiger partial charge is 0.158 e. The SMILES string of the molecule is Oc1ccc(-c2csc3c2-n2cccc2C3)cc1O. The number of nitrogens with zero attached hydrogens (tertiary/aromatic N) is 1. The molecule has 0 saturated heterocycles. The van der Waals surface area contributed by atoms with E-state index in [1.54, 1.807) is 17.4 Å². The summed E-state index contributed by atoms with van der Waals surface area (Å²) < 4.78 is 2.20. The average Bonchev–Trinajstić information content (AvgIpc) is 3.03. The number of fused-ring (bicyclic) bond motifs is 3. The van der Waals surface area contributed by atoms with Crippen LogP contribution in [-0.2, 0) is 6.42 Å². The first-order valence-corrected chi connectivity index (χ1v) is 6.91. The highest BCUT2D eigenvalue weighted by molar-refractivity contribution is 7.11. The predicted octanol–water partition coefficient (Wildman–Crippen LogP) is 3.52. The highest BCUT2D eigenvalue weighted by Crippen LogP contribution is 2.42. The number of thiophene rings is 1. The van der Waals surface area contributed by atoms with E-state index in [1.807, 2.05) is 12.1 Å². The Hall–Kier alpha value is -2.20. The molecule has 0 bridgehead atoms. The van der Waals surface area contributed by atoms with Crippen LogP contribution in [0.2, 0.25) is 0 Å². The van der Waals surface area contributed by atoms with Crippen LogP contribution in [0.1, 0.15) is 10.6 Å². The van der Waals surface area contributed by atoms with E-state index in [0.717, 1.165) is 17.5 Å². The topological polar surface area (TPSA) is 45.4 Å². The number of phenols is 2. The minimum atomic E-state index is -0.0859. The fourth-order valence-corrected chi connectivity index (χ4v) is 3.68. The number of aromatic nitrogens is 1. The van der Waals surface area contributed by atoms with Gasteiger partial charge < -0.3 is 14.8 Å². The number of benzene rings is 1. The van der Waals surface area contributed by atoms with Crippen LogP contribution in [-0.4, -0.2) is 14.8 Å². The van der Waals surface area contributed by atoms with Crippen molar-refractivity contribution in [2.45, 2.75) is 6.42 Å². The quantitative estimate of drug-likeness (QED) is 0.519. The molecule has 2 aromatic heterocycles. The summed E-state index contributed by atoms with van der Waals surface area (Å²) in [5.41, 5.74) is 4.53. The number of phenolic OH excluding ortho intramolecular Hbond substituents is 2. The molecule has 1 aromatic carbocycles. The Morgan fingerprint density at radius 2 is 2.00 bits per heavy atom. The molecule has 0 atom stereocenters. The second kappa shape index (κ2) is 3.65. The van der Waals surface area contributed by atoms with Crippen LogP contribution in [0.5, 0.6) is 11.5 Å². The minimum Gasteiger partial charge on any atom is -0.504 e. The third-order valence-electron chi connectivity index (χ3n) is 3.54. The summed E-state index contributed by atoms with van der Waals surface area (Å²) in [7, 11) is 0. The molecule has 3 heterocycles. The van der Waals surface area contributed by atoms with Gasteiger partial charge in [-0.05, 0) is 29.8 Å². The lowest BCUT2D eigenvalue weighted by molar-refractivity contribution is 0.404. The van der Waals surface area contributed by atoms with Crippen LogP contribution in [0.4, 0.5) is 0 Å². The largest absolute Gasteiger partial charge is 0.504 e. The number of hydrogen-bond donors (Lipinski definition) is 2. The van der Waals surface area contributed by atoms with Gasteiger partial charge in [0, 0.05) is 34.1 Å². The highest BCUT2D eigenvalue weighted by Gasteiger charge is 2.23. The summed E-state index contributed by atoms with van der Waals surface area (Å²) in [6, 6.07) is 9.15. The Morgan fingerprint density at radius 1 is 1.11 bits per heavy atom. The first kappa shape index (κ1) is 10.7. The van der Waals surface area contributed by atoms with Crippen LogP contribution in [0.15, 0.2) is 41.9 Å². The van der Waals surface area contributed by atoms with Crippen molar-refractivity contribution in [3.05, 3.63) is 52.5 Å². The predicted molar refractivity (Wildman–Crippen MR) is 75.2 cm³/mol. The molecular weight excluding hydrogens is 258 g/mol. The third kappa shape index (κ3) is 1.43. The van der Waals surface area contributed by atoms with E-state index in [0.29, 0.717) is 0 Å². The van der Waals surface area contributed by atoms with Gasteiger partial charge in [0.15, 0.2) is 11.5 Å². The van der Waals surface area contributed by atoms with Crippen molar-refractivity contribution in [1.29, 1.82) is 0 Å². The molecule has 1 aliphatic heterocycles. The summed E-state index contributed by atoms with van der Waals surface area (Å²) >= 11 is 1.74. The summed E-state index contributed by atoms with van der Waals surface area (Å²) in [6.07, 6.45) is 3.04. The first-order valence-electron chi connectivity index (χ1n) is 6.03. The highest BCUT2D eigenvalue weighted by atomic mass is 32.1. The van der Waals surface area contributed by atoms with Crippen LogP contribution >= 0.6 is 11.3 Å². The summed E-state index contributed by atoms with van der Waals surface area (Å²) in [4.78, 5) is 1.35. The molecule has 0 spiro atoms. The van der Waals surface area contributed by atoms with Crippen LogP contribution in [0.3, 0.4) is 0 Å². The molecule has 0 radical (unpaired) electrons. The Bertz CT molecular complexity index is 785. The lowest BCUT2D eigenvalue weighted by Crippen LogP contribution is -1.90. The lowest BCUT2D eigenvalue weighted by Gasteiger charge is -2.06. The fraction of sp³-hybridized carbons (Fsp3) is 0.0667. The van der Waals surface area contributed by atoms with Gasteiger partial charge in [-0.25, -0.2) is 0 Å². The maximum Gasteiger partial charge on any atom is 0.158 e. The van der Waals surface area contributed by atoms with Crippen molar-refractivity contribution in [2.24, 2.45) is 0 Å². The monoisotopic (exact) mass is 269 g/mol. The molecule has 0 amide bonds. The van der Waals surface area contributed by atoms with Gasteiger partial charge in [-0.2, -0.15) is 0 Å². The molecule has 0 aliphatic carbocycles. The van der Waals surface area contributed by atoms with E-state index in [4.69, 9.17) is 0 Å². The number of hydrogen-bond acceptors (Lipinski definition) is 3. The standard InChI is InChI=1S/C15H11NO2S/c17-12-4-3-9(6-13(12)18)11-8-19-14-7-10-2-1-5-16(10)15(11)14/h1-6,8,17-18H,7H2. The molecule has 3 nitrogen and oxygen atoms in total. The zero-order chi connectivity index (χ0) is 13.0. The Balaban J connectivity index is 1.93. The summed E-state index contributed by atoms with van der Waals surface area (Å²) in [5, 5.41) is 21.2.